The lowest BCUT2D eigenvalue weighted by Gasteiger charge is -2.37. The largest absolute Gasteiger partial charge is 0.493 e. The molecule has 0 heterocycles. The first-order valence-electron chi connectivity index (χ1n) is 10.2. The van der Waals surface area contributed by atoms with Crippen molar-refractivity contribution in [2.45, 2.75) is 58.5 Å². The third-order valence-corrected chi connectivity index (χ3v) is 5.51. The Bertz CT molecular complexity index is 778. The first-order valence-corrected chi connectivity index (χ1v) is 10.2. The quantitative estimate of drug-likeness (QED) is 0.696. The maximum atomic E-state index is 13.2. The number of amides is 1. The molecule has 27 heavy (non-hydrogen) atoms. The Balaban J connectivity index is 1.88. The van der Waals surface area contributed by atoms with E-state index in [1.165, 1.54) is 0 Å². The number of benzene rings is 2. The van der Waals surface area contributed by atoms with Crippen LogP contribution in [0, 0.1) is 5.92 Å². The Hall–Kier alpha value is -2.07. The zero-order valence-corrected chi connectivity index (χ0v) is 16.7. The molecule has 1 fully saturated rings. The molecule has 4 nitrogen and oxygen atoms in total. The Kier molecular flexibility index (Phi) is 6.38. The van der Waals surface area contributed by atoms with Gasteiger partial charge in [-0.3, -0.25) is 4.79 Å². The normalized spacial score (nSPS) is 22.6. The Labute approximate surface area is 162 Å². The van der Waals surface area contributed by atoms with Crippen LogP contribution in [0.1, 0.15) is 52.9 Å². The fourth-order valence-electron chi connectivity index (χ4n) is 3.90. The lowest BCUT2D eigenvalue weighted by molar-refractivity contribution is -0.146. The highest BCUT2D eigenvalue weighted by Crippen LogP contribution is 2.37. The second-order valence-corrected chi connectivity index (χ2v) is 7.57. The van der Waals surface area contributed by atoms with Gasteiger partial charge in [0.25, 0.3) is 5.91 Å². The van der Waals surface area contributed by atoms with Crippen molar-refractivity contribution in [1.82, 2.24) is 0 Å². The van der Waals surface area contributed by atoms with E-state index in [9.17, 15) is 4.79 Å². The lowest BCUT2D eigenvalue weighted by atomic mass is 9.78. The van der Waals surface area contributed by atoms with Crippen LogP contribution < -0.4 is 10.1 Å². The third-order valence-electron chi connectivity index (χ3n) is 5.51. The van der Waals surface area contributed by atoms with Gasteiger partial charge < -0.3 is 14.8 Å². The summed E-state index contributed by atoms with van der Waals surface area (Å²) in [5.41, 5.74) is 0.108. The summed E-state index contributed by atoms with van der Waals surface area (Å²) in [7, 11) is 0. The molecule has 2 aromatic carbocycles. The number of ether oxygens (including phenoxy) is 2. The third kappa shape index (κ3) is 4.27. The molecule has 2 aromatic rings. The molecular weight excluding hydrogens is 338 g/mol. The first kappa shape index (κ1) is 19.7. The Morgan fingerprint density at radius 1 is 1.11 bits per heavy atom. The van der Waals surface area contributed by atoms with Gasteiger partial charge in [0.1, 0.15) is 11.4 Å². The summed E-state index contributed by atoms with van der Waals surface area (Å²) in [5.74, 6) is 1.49. The summed E-state index contributed by atoms with van der Waals surface area (Å²) in [6, 6.07) is 11.9. The number of fused-ring (bicyclic) bond motifs is 1. The highest BCUT2D eigenvalue weighted by atomic mass is 16.5. The van der Waals surface area contributed by atoms with Gasteiger partial charge >= 0.3 is 0 Å². The van der Waals surface area contributed by atoms with Crippen molar-refractivity contribution in [3.8, 4) is 5.75 Å². The van der Waals surface area contributed by atoms with E-state index in [1.807, 2.05) is 43.3 Å². The predicted octanol–water partition coefficient (Wildman–Crippen LogP) is 5.55. The summed E-state index contributed by atoms with van der Waals surface area (Å²) in [6.45, 7) is 7.53. The van der Waals surface area contributed by atoms with E-state index in [0.717, 1.165) is 54.3 Å². The average Bonchev–Trinajstić information content (AvgIpc) is 2.69. The maximum absolute atomic E-state index is 13.2. The van der Waals surface area contributed by atoms with Gasteiger partial charge in [-0.2, -0.15) is 0 Å². The van der Waals surface area contributed by atoms with Gasteiger partial charge in [-0.25, -0.2) is 0 Å². The van der Waals surface area contributed by atoms with E-state index >= 15 is 0 Å². The highest BCUT2D eigenvalue weighted by molar-refractivity contribution is 6.06. The molecular formula is C23H31NO3. The van der Waals surface area contributed by atoms with Crippen molar-refractivity contribution in [3.05, 3.63) is 36.4 Å². The number of hydrogen-bond donors (Lipinski definition) is 1. The van der Waals surface area contributed by atoms with Crippen LogP contribution in [-0.4, -0.2) is 24.7 Å². The molecule has 0 bridgehead atoms. The van der Waals surface area contributed by atoms with Crippen molar-refractivity contribution in [2.24, 2.45) is 5.92 Å². The van der Waals surface area contributed by atoms with Crippen LogP contribution in [0.2, 0.25) is 0 Å². The molecule has 0 saturated heterocycles. The zero-order chi connectivity index (χ0) is 19.3. The lowest BCUT2D eigenvalue weighted by Crippen LogP contribution is -2.48. The number of carbonyl (C=O) groups excluding carboxylic acids is 1. The molecule has 0 unspecified atom stereocenters. The fourth-order valence-corrected chi connectivity index (χ4v) is 3.90. The van der Waals surface area contributed by atoms with E-state index in [1.54, 1.807) is 0 Å². The van der Waals surface area contributed by atoms with E-state index < -0.39 is 5.60 Å². The number of nitrogens with one attached hydrogen (secondary N) is 1. The first-order chi connectivity index (χ1) is 13.1. The SMILES string of the molecule is CCCOc1ccc(NC(=O)C2(OCC)CCC(C)CC2)c2ccccc12. The van der Waals surface area contributed by atoms with Crippen molar-refractivity contribution in [2.75, 3.05) is 18.5 Å². The standard InChI is InChI=1S/C23H31NO3/c1-4-16-26-21-11-10-20(18-8-6-7-9-19(18)21)24-22(25)23(27-5-2)14-12-17(3)13-15-23/h6-11,17H,4-5,12-16H2,1-3H3,(H,24,25). The second kappa shape index (κ2) is 8.75. The minimum Gasteiger partial charge on any atom is -0.493 e. The molecule has 0 spiro atoms. The van der Waals surface area contributed by atoms with Crippen molar-refractivity contribution >= 4 is 22.4 Å². The van der Waals surface area contributed by atoms with Crippen molar-refractivity contribution < 1.29 is 14.3 Å². The molecule has 1 saturated carbocycles. The van der Waals surface area contributed by atoms with Gasteiger partial charge in [-0.05, 0) is 57.1 Å². The molecule has 4 heteroatoms. The Morgan fingerprint density at radius 2 is 1.81 bits per heavy atom. The van der Waals surface area contributed by atoms with Gasteiger partial charge in [-0.1, -0.05) is 38.1 Å². The Morgan fingerprint density at radius 3 is 2.48 bits per heavy atom. The average molecular weight is 370 g/mol. The van der Waals surface area contributed by atoms with Gasteiger partial charge in [0.15, 0.2) is 0 Å². The molecule has 1 aliphatic rings. The van der Waals surface area contributed by atoms with Gasteiger partial charge in [0.2, 0.25) is 0 Å². The summed E-state index contributed by atoms with van der Waals surface area (Å²) in [5, 5.41) is 5.17. The van der Waals surface area contributed by atoms with Crippen LogP contribution in [0.25, 0.3) is 10.8 Å². The van der Waals surface area contributed by atoms with E-state index in [0.29, 0.717) is 19.1 Å². The summed E-state index contributed by atoms with van der Waals surface area (Å²) in [6.07, 6.45) is 4.57. The van der Waals surface area contributed by atoms with Gasteiger partial charge in [-0.15, -0.1) is 0 Å². The van der Waals surface area contributed by atoms with E-state index in [2.05, 4.69) is 19.2 Å². The van der Waals surface area contributed by atoms with Gasteiger partial charge in [0, 0.05) is 23.1 Å². The minimum absolute atomic E-state index is 0.0244. The van der Waals surface area contributed by atoms with Crippen LogP contribution in [0.4, 0.5) is 5.69 Å². The van der Waals surface area contributed by atoms with Crippen LogP contribution in [0.5, 0.6) is 5.75 Å². The molecule has 1 N–H and O–H groups in total. The molecule has 0 aliphatic heterocycles. The number of carbonyl (C=O) groups is 1. The van der Waals surface area contributed by atoms with Crippen molar-refractivity contribution in [3.63, 3.8) is 0 Å². The topological polar surface area (TPSA) is 47.6 Å². The molecule has 0 aromatic heterocycles. The van der Waals surface area contributed by atoms with Crippen molar-refractivity contribution in [1.29, 1.82) is 0 Å². The fraction of sp³-hybridized carbons (Fsp3) is 0.522. The van der Waals surface area contributed by atoms with Gasteiger partial charge in [0.05, 0.1) is 6.61 Å². The van der Waals surface area contributed by atoms with Crippen LogP contribution >= 0.6 is 0 Å². The molecule has 146 valence electrons. The molecule has 1 aliphatic carbocycles. The monoisotopic (exact) mass is 369 g/mol. The van der Waals surface area contributed by atoms with E-state index in [-0.39, 0.29) is 5.91 Å². The zero-order valence-electron chi connectivity index (χ0n) is 16.7. The number of rotatable bonds is 7. The minimum atomic E-state index is -0.709. The summed E-state index contributed by atoms with van der Waals surface area (Å²) in [4.78, 5) is 13.2. The van der Waals surface area contributed by atoms with Crippen LogP contribution in [-0.2, 0) is 9.53 Å². The molecule has 0 atom stereocenters. The molecule has 3 rings (SSSR count). The molecule has 0 radical (unpaired) electrons. The smallest absolute Gasteiger partial charge is 0.256 e. The molecule has 1 amide bonds. The summed E-state index contributed by atoms with van der Waals surface area (Å²) < 4.78 is 11.9. The van der Waals surface area contributed by atoms with Crippen LogP contribution in [0.15, 0.2) is 36.4 Å². The summed E-state index contributed by atoms with van der Waals surface area (Å²) >= 11 is 0. The number of anilines is 1. The highest BCUT2D eigenvalue weighted by Gasteiger charge is 2.42. The maximum Gasteiger partial charge on any atom is 0.256 e. The number of hydrogen-bond acceptors (Lipinski definition) is 3. The van der Waals surface area contributed by atoms with E-state index in [4.69, 9.17) is 9.47 Å². The predicted molar refractivity (Wildman–Crippen MR) is 110 cm³/mol. The second-order valence-electron chi connectivity index (χ2n) is 7.57. The van der Waals surface area contributed by atoms with Crippen LogP contribution in [0.3, 0.4) is 0 Å².